The molecule has 0 bridgehead atoms. The number of fused-ring (bicyclic) bond motifs is 5. The van der Waals surface area contributed by atoms with Crippen LogP contribution in [-0.4, -0.2) is 15.0 Å². The second kappa shape index (κ2) is 11.9. The van der Waals surface area contributed by atoms with Crippen LogP contribution in [0.3, 0.4) is 0 Å². The molecule has 238 valence electrons. The first-order valence-electron chi connectivity index (χ1n) is 17.1. The average molecular weight is 652 g/mol. The third-order valence-corrected chi connectivity index (χ3v) is 9.65. The van der Waals surface area contributed by atoms with Gasteiger partial charge in [-0.1, -0.05) is 140 Å². The van der Waals surface area contributed by atoms with Gasteiger partial charge in [0, 0.05) is 33.0 Å². The molecule has 0 spiro atoms. The molecule has 4 heteroatoms. The Morgan fingerprint density at radius 3 is 1.59 bits per heavy atom. The molecule has 0 saturated carbocycles. The minimum atomic E-state index is 0.600. The number of furan rings is 1. The first-order valence-corrected chi connectivity index (χ1v) is 17.1. The lowest BCUT2D eigenvalue weighted by Gasteiger charge is -2.11. The van der Waals surface area contributed by atoms with Crippen molar-refractivity contribution >= 4 is 43.5 Å². The maximum atomic E-state index is 6.67. The minimum absolute atomic E-state index is 0.600. The molecular weight excluding hydrogens is 623 g/mol. The van der Waals surface area contributed by atoms with Crippen LogP contribution in [0.5, 0.6) is 0 Å². The van der Waals surface area contributed by atoms with Crippen molar-refractivity contribution in [1.82, 2.24) is 15.0 Å². The van der Waals surface area contributed by atoms with Gasteiger partial charge in [0.1, 0.15) is 11.2 Å². The summed E-state index contributed by atoms with van der Waals surface area (Å²) in [7, 11) is 0. The van der Waals surface area contributed by atoms with Gasteiger partial charge < -0.3 is 4.42 Å². The van der Waals surface area contributed by atoms with Crippen molar-refractivity contribution < 1.29 is 4.42 Å². The van der Waals surface area contributed by atoms with E-state index < -0.39 is 0 Å². The summed E-state index contributed by atoms with van der Waals surface area (Å²) < 4.78 is 6.67. The normalized spacial score (nSPS) is 11.5. The van der Waals surface area contributed by atoms with E-state index in [-0.39, 0.29) is 0 Å². The van der Waals surface area contributed by atoms with E-state index in [1.807, 2.05) is 12.1 Å². The Morgan fingerprint density at radius 2 is 0.863 bits per heavy atom. The number of nitrogens with zero attached hydrogens (tertiary/aromatic N) is 3. The van der Waals surface area contributed by atoms with E-state index in [1.165, 1.54) is 10.8 Å². The van der Waals surface area contributed by atoms with E-state index in [1.54, 1.807) is 0 Å². The third-order valence-electron chi connectivity index (χ3n) is 9.65. The molecule has 0 aliphatic heterocycles. The van der Waals surface area contributed by atoms with Crippen molar-refractivity contribution in [3.63, 3.8) is 0 Å². The zero-order valence-electron chi connectivity index (χ0n) is 27.5. The summed E-state index contributed by atoms with van der Waals surface area (Å²) in [5.41, 5.74) is 8.74. The maximum absolute atomic E-state index is 6.67. The van der Waals surface area contributed by atoms with E-state index in [0.29, 0.717) is 17.5 Å². The van der Waals surface area contributed by atoms with Crippen molar-refractivity contribution in [2.75, 3.05) is 0 Å². The summed E-state index contributed by atoms with van der Waals surface area (Å²) in [6.07, 6.45) is 0. The van der Waals surface area contributed by atoms with Crippen LogP contribution >= 0.6 is 0 Å². The smallest absolute Gasteiger partial charge is 0.164 e. The molecule has 0 amide bonds. The largest absolute Gasteiger partial charge is 0.455 e. The molecule has 0 aliphatic carbocycles. The lowest BCUT2D eigenvalue weighted by atomic mass is 9.98. The molecule has 0 atom stereocenters. The summed E-state index contributed by atoms with van der Waals surface area (Å²) in [6.45, 7) is 0. The topological polar surface area (TPSA) is 51.8 Å². The molecule has 0 saturated heterocycles. The molecular formula is C47H29N3O. The van der Waals surface area contributed by atoms with Crippen molar-refractivity contribution in [2.45, 2.75) is 0 Å². The fourth-order valence-electron chi connectivity index (χ4n) is 7.08. The molecule has 2 heterocycles. The molecule has 10 aromatic rings. The van der Waals surface area contributed by atoms with E-state index in [9.17, 15) is 0 Å². The highest BCUT2D eigenvalue weighted by Crippen LogP contribution is 2.41. The number of benzene rings is 8. The first-order chi connectivity index (χ1) is 25.2. The number of hydrogen-bond acceptors (Lipinski definition) is 4. The second-order valence-electron chi connectivity index (χ2n) is 12.9. The molecule has 4 nitrogen and oxygen atoms in total. The lowest BCUT2D eigenvalue weighted by Crippen LogP contribution is -2.00. The Bertz CT molecular complexity index is 2910. The summed E-state index contributed by atoms with van der Waals surface area (Å²) in [4.78, 5) is 15.5. The van der Waals surface area contributed by atoms with Gasteiger partial charge >= 0.3 is 0 Å². The Kier molecular flexibility index (Phi) is 6.78. The quantitative estimate of drug-likeness (QED) is 0.186. The molecule has 2 aromatic heterocycles. The Morgan fingerprint density at radius 1 is 0.314 bits per heavy atom. The van der Waals surface area contributed by atoms with Gasteiger partial charge in [-0.25, -0.2) is 15.0 Å². The molecule has 0 N–H and O–H groups in total. The minimum Gasteiger partial charge on any atom is -0.455 e. The van der Waals surface area contributed by atoms with Crippen LogP contribution in [0, 0.1) is 0 Å². The van der Waals surface area contributed by atoms with Gasteiger partial charge in [0.05, 0.1) is 0 Å². The van der Waals surface area contributed by atoms with Crippen LogP contribution in [0.1, 0.15) is 0 Å². The summed E-state index contributed by atoms with van der Waals surface area (Å²) in [5.74, 6) is 1.84. The number of hydrogen-bond donors (Lipinski definition) is 0. The fourth-order valence-corrected chi connectivity index (χ4v) is 7.08. The Hall–Kier alpha value is -6.91. The molecule has 51 heavy (non-hydrogen) atoms. The predicted octanol–water partition coefficient (Wildman–Crippen LogP) is 12.4. The standard InChI is InChI=1S/C47H29N3O/c1-3-12-30(13-4-1)34-20-11-21-37(24-34)45-48-46(38-23-22-31-14-7-8-17-33(31)25-38)50-47(49-45)39-27-40(32-15-5-2-6-16-32)44-42(28-39)41-26-35-18-9-10-19-36(35)29-43(41)51-44/h1-29H. The lowest BCUT2D eigenvalue weighted by molar-refractivity contribution is 0.670. The van der Waals surface area contributed by atoms with Gasteiger partial charge in [0.2, 0.25) is 0 Å². The summed E-state index contributed by atoms with van der Waals surface area (Å²) >= 11 is 0. The van der Waals surface area contributed by atoms with E-state index in [0.717, 1.165) is 71.7 Å². The zero-order chi connectivity index (χ0) is 33.7. The van der Waals surface area contributed by atoms with Gasteiger partial charge in [-0.05, 0) is 74.6 Å². The third kappa shape index (κ3) is 5.22. The van der Waals surface area contributed by atoms with Crippen LogP contribution in [0.25, 0.3) is 99.9 Å². The van der Waals surface area contributed by atoms with Crippen LogP contribution in [0.2, 0.25) is 0 Å². The van der Waals surface area contributed by atoms with Crippen molar-refractivity contribution in [1.29, 1.82) is 0 Å². The van der Waals surface area contributed by atoms with E-state index in [2.05, 4.69) is 164 Å². The van der Waals surface area contributed by atoms with Gasteiger partial charge in [-0.2, -0.15) is 0 Å². The van der Waals surface area contributed by atoms with Crippen molar-refractivity contribution in [2.24, 2.45) is 0 Å². The van der Waals surface area contributed by atoms with Gasteiger partial charge in [0.15, 0.2) is 17.5 Å². The molecule has 8 aromatic carbocycles. The van der Waals surface area contributed by atoms with Gasteiger partial charge in [-0.3, -0.25) is 0 Å². The fraction of sp³-hybridized carbons (Fsp3) is 0. The van der Waals surface area contributed by atoms with Crippen molar-refractivity contribution in [3.8, 4) is 56.4 Å². The molecule has 0 radical (unpaired) electrons. The molecule has 0 unspecified atom stereocenters. The number of aromatic nitrogens is 3. The SMILES string of the molecule is c1ccc(-c2cccc(-c3nc(-c4ccc5ccccc5c4)nc(-c4cc(-c5ccccc5)c5oc6cc7ccccc7cc6c5c4)n3)c2)cc1. The summed E-state index contributed by atoms with van der Waals surface area (Å²) in [5, 5.41) is 6.69. The predicted molar refractivity (Wildman–Crippen MR) is 209 cm³/mol. The zero-order valence-corrected chi connectivity index (χ0v) is 27.5. The average Bonchev–Trinajstić information content (AvgIpc) is 3.57. The molecule has 0 fully saturated rings. The van der Waals surface area contributed by atoms with E-state index >= 15 is 0 Å². The Balaban J connectivity index is 1.23. The monoisotopic (exact) mass is 651 g/mol. The van der Waals surface area contributed by atoms with Crippen molar-refractivity contribution in [3.05, 3.63) is 176 Å². The highest BCUT2D eigenvalue weighted by molar-refractivity contribution is 6.14. The highest BCUT2D eigenvalue weighted by Gasteiger charge is 2.19. The van der Waals surface area contributed by atoms with Crippen LogP contribution in [0.15, 0.2) is 180 Å². The summed E-state index contributed by atoms with van der Waals surface area (Å²) in [6, 6.07) is 61.1. The molecule has 0 aliphatic rings. The maximum Gasteiger partial charge on any atom is 0.164 e. The van der Waals surface area contributed by atoms with E-state index in [4.69, 9.17) is 19.4 Å². The molecule has 10 rings (SSSR count). The van der Waals surface area contributed by atoms with Crippen LogP contribution in [0.4, 0.5) is 0 Å². The second-order valence-corrected chi connectivity index (χ2v) is 12.9. The van der Waals surface area contributed by atoms with Crippen LogP contribution < -0.4 is 0 Å². The highest BCUT2D eigenvalue weighted by atomic mass is 16.3. The first kappa shape index (κ1) is 29.0. The van der Waals surface area contributed by atoms with Gasteiger partial charge in [0.25, 0.3) is 0 Å². The number of rotatable bonds is 5. The van der Waals surface area contributed by atoms with Gasteiger partial charge in [-0.15, -0.1) is 0 Å². The van der Waals surface area contributed by atoms with Crippen LogP contribution in [-0.2, 0) is 0 Å². The Labute approximate surface area is 294 Å².